The molecule has 6 rings (SSSR count). The molecule has 162 valence electrons. The van der Waals surface area contributed by atoms with Crippen molar-refractivity contribution in [1.29, 1.82) is 0 Å². The number of carbonyl (C=O) groups is 3. The van der Waals surface area contributed by atoms with E-state index in [0.29, 0.717) is 11.3 Å². The maximum absolute atomic E-state index is 13.8. The number of aryl methyl sites for hydroxylation is 1. The summed E-state index contributed by atoms with van der Waals surface area (Å²) < 4.78 is 0. The lowest BCUT2D eigenvalue weighted by Crippen LogP contribution is -2.44. The standard InChI is InChI=1S/C27H21N3O3/c1-16-11-13-17(14-12-16)25(31)24-22-21(23-20-10-6-5-7-18(20)15-28-30(23)24)26(32)29(27(22)33)19-8-3-2-4-9-19/h2-15,21-24H,1H3. The summed E-state index contributed by atoms with van der Waals surface area (Å²) in [4.78, 5) is 42.5. The molecule has 2 amide bonds. The molecule has 3 aromatic rings. The molecule has 0 aromatic heterocycles. The van der Waals surface area contributed by atoms with Crippen LogP contribution in [0.1, 0.15) is 33.1 Å². The highest BCUT2D eigenvalue weighted by molar-refractivity contribution is 6.24. The smallest absolute Gasteiger partial charge is 0.240 e. The van der Waals surface area contributed by atoms with Crippen molar-refractivity contribution in [1.82, 2.24) is 5.01 Å². The van der Waals surface area contributed by atoms with Crippen LogP contribution < -0.4 is 4.90 Å². The number of carbonyl (C=O) groups excluding carboxylic acids is 3. The van der Waals surface area contributed by atoms with Crippen LogP contribution >= 0.6 is 0 Å². The lowest BCUT2D eigenvalue weighted by Gasteiger charge is -2.33. The summed E-state index contributed by atoms with van der Waals surface area (Å²) in [5.74, 6) is -2.31. The summed E-state index contributed by atoms with van der Waals surface area (Å²) in [6.45, 7) is 1.96. The zero-order valence-electron chi connectivity index (χ0n) is 18.0. The Kier molecular flexibility index (Phi) is 4.30. The van der Waals surface area contributed by atoms with Crippen molar-refractivity contribution in [3.8, 4) is 0 Å². The lowest BCUT2D eigenvalue weighted by atomic mass is 9.83. The molecule has 3 aliphatic heterocycles. The van der Waals surface area contributed by atoms with Crippen molar-refractivity contribution in [2.45, 2.75) is 19.0 Å². The molecule has 33 heavy (non-hydrogen) atoms. The van der Waals surface area contributed by atoms with E-state index in [0.717, 1.165) is 16.7 Å². The molecule has 4 unspecified atom stereocenters. The second-order valence-corrected chi connectivity index (χ2v) is 8.77. The third-order valence-corrected chi connectivity index (χ3v) is 6.91. The van der Waals surface area contributed by atoms with Crippen LogP contribution in [0.4, 0.5) is 5.69 Å². The van der Waals surface area contributed by atoms with E-state index >= 15 is 0 Å². The largest absolute Gasteiger partial charge is 0.292 e. The van der Waals surface area contributed by atoms with Gasteiger partial charge in [-0.1, -0.05) is 72.3 Å². The molecule has 0 N–H and O–H groups in total. The number of amides is 2. The summed E-state index contributed by atoms with van der Waals surface area (Å²) in [6.07, 6.45) is 1.71. The van der Waals surface area contributed by atoms with E-state index in [1.807, 2.05) is 49.4 Å². The van der Waals surface area contributed by atoms with Gasteiger partial charge in [-0.15, -0.1) is 0 Å². The van der Waals surface area contributed by atoms with E-state index in [1.165, 1.54) is 4.90 Å². The maximum atomic E-state index is 13.8. The summed E-state index contributed by atoms with van der Waals surface area (Å²) in [6, 6.07) is 22.6. The van der Waals surface area contributed by atoms with Crippen LogP contribution in [0.15, 0.2) is 84.0 Å². The lowest BCUT2D eigenvalue weighted by molar-refractivity contribution is -0.124. The Morgan fingerprint density at radius 3 is 2.24 bits per heavy atom. The average Bonchev–Trinajstić information content (AvgIpc) is 3.32. The molecule has 0 aliphatic carbocycles. The molecule has 6 heteroatoms. The van der Waals surface area contributed by atoms with Gasteiger partial charge in [-0.25, -0.2) is 4.90 Å². The number of ketones is 1. The molecule has 3 aromatic carbocycles. The molecule has 2 fully saturated rings. The van der Waals surface area contributed by atoms with E-state index in [2.05, 4.69) is 5.10 Å². The second-order valence-electron chi connectivity index (χ2n) is 8.77. The van der Waals surface area contributed by atoms with Gasteiger partial charge in [0.25, 0.3) is 0 Å². The second kappa shape index (κ2) is 7.24. The molecule has 3 heterocycles. The van der Waals surface area contributed by atoms with E-state index in [9.17, 15) is 14.4 Å². The van der Waals surface area contributed by atoms with Crippen LogP contribution in [0.2, 0.25) is 0 Å². The first-order valence-corrected chi connectivity index (χ1v) is 11.0. The number of Topliss-reactive ketones (excluding diaryl/α,β-unsaturated/α-hetero) is 1. The van der Waals surface area contributed by atoms with Crippen LogP contribution in [0.25, 0.3) is 0 Å². The van der Waals surface area contributed by atoms with Crippen LogP contribution in [0.3, 0.4) is 0 Å². The number of hydrazone groups is 1. The number of hydrogen-bond acceptors (Lipinski definition) is 5. The first kappa shape index (κ1) is 19.6. The minimum absolute atomic E-state index is 0.194. The number of imide groups is 1. The van der Waals surface area contributed by atoms with Gasteiger partial charge in [0.2, 0.25) is 11.8 Å². The number of nitrogens with zero attached hydrogens (tertiary/aromatic N) is 3. The van der Waals surface area contributed by atoms with Crippen molar-refractivity contribution in [2.75, 3.05) is 4.90 Å². The third kappa shape index (κ3) is 2.80. The molecule has 4 atom stereocenters. The highest BCUT2D eigenvalue weighted by Crippen LogP contribution is 2.53. The number of benzene rings is 3. The first-order valence-electron chi connectivity index (χ1n) is 11.0. The average molecular weight is 435 g/mol. The van der Waals surface area contributed by atoms with Gasteiger partial charge in [0.1, 0.15) is 6.04 Å². The zero-order valence-corrected chi connectivity index (χ0v) is 18.0. The Hall–Kier alpha value is -4.06. The Labute approximate surface area is 191 Å². The first-order chi connectivity index (χ1) is 16.1. The molecular weight excluding hydrogens is 414 g/mol. The van der Waals surface area contributed by atoms with Crippen molar-refractivity contribution in [2.24, 2.45) is 16.9 Å². The predicted molar refractivity (Wildman–Crippen MR) is 124 cm³/mol. The van der Waals surface area contributed by atoms with Gasteiger partial charge in [0, 0.05) is 5.56 Å². The summed E-state index contributed by atoms with van der Waals surface area (Å²) in [7, 11) is 0. The molecule has 0 bridgehead atoms. The predicted octanol–water partition coefficient (Wildman–Crippen LogP) is 3.76. The Bertz CT molecular complexity index is 1320. The summed E-state index contributed by atoms with van der Waals surface area (Å²) in [5, 5.41) is 6.28. The monoisotopic (exact) mass is 435 g/mol. The normalized spacial score (nSPS) is 25.1. The molecule has 0 radical (unpaired) electrons. The van der Waals surface area contributed by atoms with Gasteiger partial charge in [0.15, 0.2) is 5.78 Å². The molecule has 2 saturated heterocycles. The van der Waals surface area contributed by atoms with E-state index < -0.39 is 23.9 Å². The van der Waals surface area contributed by atoms with Gasteiger partial charge in [-0.3, -0.25) is 19.4 Å². The number of para-hydroxylation sites is 1. The fourth-order valence-electron chi connectivity index (χ4n) is 5.39. The Morgan fingerprint density at radius 2 is 1.48 bits per heavy atom. The molecule has 6 nitrogen and oxygen atoms in total. The number of fused-ring (bicyclic) bond motifs is 5. The van der Waals surface area contributed by atoms with Crippen molar-refractivity contribution in [3.63, 3.8) is 0 Å². The molecule has 0 saturated carbocycles. The van der Waals surface area contributed by atoms with E-state index in [-0.39, 0.29) is 17.6 Å². The molecule has 0 spiro atoms. The quantitative estimate of drug-likeness (QED) is 0.464. The van der Waals surface area contributed by atoms with Gasteiger partial charge in [-0.05, 0) is 30.2 Å². The minimum atomic E-state index is -0.850. The van der Waals surface area contributed by atoms with Crippen molar-refractivity contribution < 1.29 is 14.4 Å². The summed E-state index contributed by atoms with van der Waals surface area (Å²) in [5.41, 5.74) is 3.90. The highest BCUT2D eigenvalue weighted by atomic mass is 16.2. The van der Waals surface area contributed by atoms with Gasteiger partial charge < -0.3 is 0 Å². The fourth-order valence-corrected chi connectivity index (χ4v) is 5.39. The number of rotatable bonds is 3. The summed E-state index contributed by atoms with van der Waals surface area (Å²) >= 11 is 0. The van der Waals surface area contributed by atoms with E-state index in [4.69, 9.17) is 0 Å². The zero-order chi connectivity index (χ0) is 22.7. The van der Waals surface area contributed by atoms with E-state index in [1.54, 1.807) is 47.6 Å². The fraction of sp³-hybridized carbons (Fsp3) is 0.185. The van der Waals surface area contributed by atoms with Gasteiger partial charge in [0.05, 0.1) is 29.8 Å². The van der Waals surface area contributed by atoms with Crippen LogP contribution in [0, 0.1) is 18.8 Å². The third-order valence-electron chi connectivity index (χ3n) is 6.91. The number of anilines is 1. The molecular formula is C27H21N3O3. The van der Waals surface area contributed by atoms with Crippen molar-refractivity contribution >= 4 is 29.5 Å². The maximum Gasteiger partial charge on any atom is 0.240 e. The topological polar surface area (TPSA) is 70.0 Å². The van der Waals surface area contributed by atoms with Gasteiger partial charge in [-0.2, -0.15) is 5.10 Å². The highest BCUT2D eigenvalue weighted by Gasteiger charge is 2.65. The van der Waals surface area contributed by atoms with Gasteiger partial charge >= 0.3 is 0 Å². The SMILES string of the molecule is Cc1ccc(C(=O)C2C3C(=O)N(c4ccccc4)C(=O)C3C3c4ccccc4C=NN23)cc1. The van der Waals surface area contributed by atoms with Crippen molar-refractivity contribution in [3.05, 3.63) is 101 Å². The molecule has 3 aliphatic rings. The Morgan fingerprint density at radius 1 is 0.818 bits per heavy atom. The number of hydrogen-bond donors (Lipinski definition) is 0. The van der Waals surface area contributed by atoms with Crippen LogP contribution in [-0.4, -0.2) is 34.9 Å². The Balaban J connectivity index is 1.50. The van der Waals surface area contributed by atoms with Crippen LogP contribution in [-0.2, 0) is 9.59 Å². The van der Waals surface area contributed by atoms with Crippen LogP contribution in [0.5, 0.6) is 0 Å². The minimum Gasteiger partial charge on any atom is -0.292 e.